The molecule has 1 atom stereocenters. The quantitative estimate of drug-likeness (QED) is 0.802. The molecule has 1 aliphatic rings. The number of nitrogens with one attached hydrogen (secondary N) is 2. The molecule has 23 heavy (non-hydrogen) atoms. The van der Waals surface area contributed by atoms with Crippen molar-refractivity contribution in [3.8, 4) is 0 Å². The average Bonchev–Trinajstić information content (AvgIpc) is 2.55. The second-order valence-electron chi connectivity index (χ2n) is 6.30. The summed E-state index contributed by atoms with van der Waals surface area (Å²) in [7, 11) is 1.69. The Balaban J connectivity index is 0.00000264. The lowest BCUT2D eigenvalue weighted by Gasteiger charge is -2.27. The summed E-state index contributed by atoms with van der Waals surface area (Å²) in [6.45, 7) is 5.61. The number of hydrogen-bond acceptors (Lipinski definition) is 3. The van der Waals surface area contributed by atoms with Gasteiger partial charge in [-0.3, -0.25) is 4.79 Å². The molecule has 130 valence electrons. The number of hydrogen-bond donors (Lipinski definition) is 2. The standard InChI is InChI=1S/C18H28N2O2.ClH/c1-14(17-7-9-19-10-8-17)11-18(21)20-12-15-3-5-16(6-4-15)13-22-2;/h3-6,14,17,19H,7-13H2,1-2H3,(H,20,21);1H. The van der Waals surface area contributed by atoms with E-state index in [1.54, 1.807) is 7.11 Å². The lowest BCUT2D eigenvalue weighted by Crippen LogP contribution is -2.33. The fourth-order valence-corrected chi connectivity index (χ4v) is 3.07. The number of halogens is 1. The maximum absolute atomic E-state index is 12.1. The Kier molecular flexibility index (Phi) is 9.22. The van der Waals surface area contributed by atoms with Gasteiger partial charge in [0.1, 0.15) is 0 Å². The third-order valence-corrected chi connectivity index (χ3v) is 4.52. The maximum Gasteiger partial charge on any atom is 0.220 e. The molecule has 1 saturated heterocycles. The largest absolute Gasteiger partial charge is 0.380 e. The van der Waals surface area contributed by atoms with Gasteiger partial charge in [-0.25, -0.2) is 0 Å². The number of amides is 1. The van der Waals surface area contributed by atoms with E-state index < -0.39 is 0 Å². The van der Waals surface area contributed by atoms with Crippen molar-refractivity contribution < 1.29 is 9.53 Å². The van der Waals surface area contributed by atoms with Gasteiger partial charge in [0.15, 0.2) is 0 Å². The van der Waals surface area contributed by atoms with Gasteiger partial charge in [0, 0.05) is 20.1 Å². The first-order chi connectivity index (χ1) is 10.7. The van der Waals surface area contributed by atoms with E-state index >= 15 is 0 Å². The lowest BCUT2D eigenvalue weighted by molar-refractivity contribution is -0.122. The summed E-state index contributed by atoms with van der Waals surface area (Å²) in [6.07, 6.45) is 3.01. The third kappa shape index (κ3) is 6.90. The number of rotatable bonds is 7. The van der Waals surface area contributed by atoms with Crippen LogP contribution in [0.4, 0.5) is 0 Å². The minimum absolute atomic E-state index is 0. The zero-order valence-corrected chi connectivity index (χ0v) is 15.0. The number of benzene rings is 1. The Morgan fingerprint density at radius 3 is 2.48 bits per heavy atom. The Hall–Kier alpha value is -1.10. The fourth-order valence-electron chi connectivity index (χ4n) is 3.07. The van der Waals surface area contributed by atoms with Crippen LogP contribution in [-0.2, 0) is 22.7 Å². The highest BCUT2D eigenvalue weighted by molar-refractivity contribution is 5.85. The number of methoxy groups -OCH3 is 1. The minimum Gasteiger partial charge on any atom is -0.380 e. The van der Waals surface area contributed by atoms with Gasteiger partial charge in [0.2, 0.25) is 5.91 Å². The van der Waals surface area contributed by atoms with Crippen molar-refractivity contribution in [3.05, 3.63) is 35.4 Å². The first-order valence-electron chi connectivity index (χ1n) is 8.23. The molecule has 2 N–H and O–H groups in total. The van der Waals surface area contributed by atoms with Gasteiger partial charge in [-0.2, -0.15) is 0 Å². The molecule has 4 nitrogen and oxygen atoms in total. The zero-order chi connectivity index (χ0) is 15.8. The maximum atomic E-state index is 12.1. The van der Waals surface area contributed by atoms with Crippen molar-refractivity contribution in [2.75, 3.05) is 20.2 Å². The van der Waals surface area contributed by atoms with Crippen molar-refractivity contribution in [1.82, 2.24) is 10.6 Å². The molecule has 0 saturated carbocycles. The van der Waals surface area contributed by atoms with Crippen molar-refractivity contribution in [3.63, 3.8) is 0 Å². The molecule has 0 aliphatic carbocycles. The van der Waals surface area contributed by atoms with Gasteiger partial charge in [-0.15, -0.1) is 12.4 Å². The van der Waals surface area contributed by atoms with Gasteiger partial charge in [-0.05, 0) is 48.9 Å². The van der Waals surface area contributed by atoms with Crippen LogP contribution < -0.4 is 10.6 Å². The number of ether oxygens (including phenoxy) is 1. The predicted molar refractivity (Wildman–Crippen MR) is 95.6 cm³/mol. The first kappa shape index (κ1) is 19.9. The number of carbonyl (C=O) groups is 1. The molecule has 1 aromatic carbocycles. The van der Waals surface area contributed by atoms with Crippen LogP contribution in [0, 0.1) is 11.8 Å². The zero-order valence-electron chi connectivity index (χ0n) is 14.1. The van der Waals surface area contributed by atoms with E-state index in [-0.39, 0.29) is 18.3 Å². The fraction of sp³-hybridized carbons (Fsp3) is 0.611. The molecule has 5 heteroatoms. The van der Waals surface area contributed by atoms with E-state index in [4.69, 9.17) is 4.74 Å². The highest BCUT2D eigenvalue weighted by Crippen LogP contribution is 2.24. The molecule has 1 heterocycles. The summed E-state index contributed by atoms with van der Waals surface area (Å²) in [6, 6.07) is 8.18. The molecule has 1 aromatic rings. The molecule has 0 radical (unpaired) electrons. The molecule has 1 fully saturated rings. The van der Waals surface area contributed by atoms with E-state index in [0.717, 1.165) is 24.2 Å². The molecule has 0 aromatic heterocycles. The van der Waals surface area contributed by atoms with Crippen LogP contribution in [0.5, 0.6) is 0 Å². The SMILES string of the molecule is COCc1ccc(CNC(=O)CC(C)C2CCNCC2)cc1.Cl. The summed E-state index contributed by atoms with van der Waals surface area (Å²) < 4.78 is 5.09. The van der Waals surface area contributed by atoms with Crippen LogP contribution in [0.3, 0.4) is 0 Å². The summed E-state index contributed by atoms with van der Waals surface area (Å²) in [5.41, 5.74) is 2.28. The summed E-state index contributed by atoms with van der Waals surface area (Å²) in [5.74, 6) is 1.30. The Bertz CT molecular complexity index is 459. The summed E-state index contributed by atoms with van der Waals surface area (Å²) in [5, 5.41) is 6.41. The normalized spacial score (nSPS) is 16.4. The number of piperidine rings is 1. The topological polar surface area (TPSA) is 50.4 Å². The summed E-state index contributed by atoms with van der Waals surface area (Å²) in [4.78, 5) is 12.1. The van der Waals surface area contributed by atoms with Crippen molar-refractivity contribution in [2.24, 2.45) is 11.8 Å². The monoisotopic (exact) mass is 340 g/mol. The van der Waals surface area contributed by atoms with Crippen LogP contribution >= 0.6 is 12.4 Å². The smallest absolute Gasteiger partial charge is 0.220 e. The highest BCUT2D eigenvalue weighted by atomic mass is 35.5. The first-order valence-corrected chi connectivity index (χ1v) is 8.23. The van der Waals surface area contributed by atoms with Gasteiger partial charge >= 0.3 is 0 Å². The van der Waals surface area contributed by atoms with Crippen molar-refractivity contribution >= 4 is 18.3 Å². The molecule has 1 aliphatic heterocycles. The van der Waals surface area contributed by atoms with Crippen LogP contribution in [0.1, 0.15) is 37.3 Å². The lowest BCUT2D eigenvalue weighted by atomic mass is 9.84. The Morgan fingerprint density at radius 2 is 1.87 bits per heavy atom. The van der Waals surface area contributed by atoms with E-state index in [9.17, 15) is 4.79 Å². The van der Waals surface area contributed by atoms with Crippen molar-refractivity contribution in [2.45, 2.75) is 39.3 Å². The molecular weight excluding hydrogens is 312 g/mol. The molecule has 2 rings (SSSR count). The van der Waals surface area contributed by atoms with Gasteiger partial charge in [-0.1, -0.05) is 31.2 Å². The summed E-state index contributed by atoms with van der Waals surface area (Å²) >= 11 is 0. The molecular formula is C18H29ClN2O2. The Labute approximate surface area is 145 Å². The average molecular weight is 341 g/mol. The van der Waals surface area contributed by atoms with Crippen LogP contribution in [0.15, 0.2) is 24.3 Å². The van der Waals surface area contributed by atoms with Crippen LogP contribution in [0.25, 0.3) is 0 Å². The minimum atomic E-state index is 0. The molecule has 1 amide bonds. The molecule has 1 unspecified atom stereocenters. The van der Waals surface area contributed by atoms with E-state index in [1.807, 2.05) is 24.3 Å². The van der Waals surface area contributed by atoms with Gasteiger partial charge < -0.3 is 15.4 Å². The second kappa shape index (κ2) is 10.6. The van der Waals surface area contributed by atoms with Crippen LogP contribution in [0.2, 0.25) is 0 Å². The predicted octanol–water partition coefficient (Wildman–Crippen LogP) is 2.90. The molecule has 0 bridgehead atoms. The second-order valence-corrected chi connectivity index (χ2v) is 6.30. The Morgan fingerprint density at radius 1 is 1.26 bits per heavy atom. The van der Waals surface area contributed by atoms with Crippen molar-refractivity contribution in [1.29, 1.82) is 0 Å². The van der Waals surface area contributed by atoms with Gasteiger partial charge in [0.25, 0.3) is 0 Å². The highest BCUT2D eigenvalue weighted by Gasteiger charge is 2.21. The van der Waals surface area contributed by atoms with Crippen LogP contribution in [-0.4, -0.2) is 26.1 Å². The number of carbonyl (C=O) groups excluding carboxylic acids is 1. The third-order valence-electron chi connectivity index (χ3n) is 4.52. The molecule has 0 spiro atoms. The van der Waals surface area contributed by atoms with E-state index in [0.29, 0.717) is 31.4 Å². The van der Waals surface area contributed by atoms with E-state index in [2.05, 4.69) is 17.6 Å². The van der Waals surface area contributed by atoms with E-state index in [1.165, 1.54) is 12.8 Å². The van der Waals surface area contributed by atoms with Gasteiger partial charge in [0.05, 0.1) is 6.61 Å².